The topological polar surface area (TPSA) is 84.0 Å². The zero-order valence-electron chi connectivity index (χ0n) is 34.2. The molecule has 1 aliphatic heterocycles. The molecule has 65 heavy (non-hydrogen) atoms. The van der Waals surface area contributed by atoms with Crippen molar-refractivity contribution in [2.24, 2.45) is 5.92 Å². The molecule has 2 amide bonds. The molecule has 0 aliphatic carbocycles. The Morgan fingerprint density at radius 1 is 0.800 bits per heavy atom. The van der Waals surface area contributed by atoms with Gasteiger partial charge in [0.15, 0.2) is 5.75 Å². The molecule has 0 bridgehead atoms. The van der Waals surface area contributed by atoms with Crippen molar-refractivity contribution >= 4 is 17.5 Å². The van der Waals surface area contributed by atoms with Crippen LogP contribution in [0.5, 0.6) is 11.5 Å². The number of nitrogens with one attached hydrogen (secondary N) is 1. The second kappa shape index (κ2) is 18.6. The van der Waals surface area contributed by atoms with Gasteiger partial charge in [-0.15, -0.1) is 0 Å². The fourth-order valence-electron chi connectivity index (χ4n) is 6.44. The van der Waals surface area contributed by atoms with E-state index in [0.29, 0.717) is 5.56 Å². The van der Waals surface area contributed by atoms with E-state index in [1.54, 1.807) is 30.1 Å². The van der Waals surface area contributed by atoms with Gasteiger partial charge in [0.25, 0.3) is 11.8 Å². The van der Waals surface area contributed by atoms with Gasteiger partial charge in [-0.3, -0.25) is 19.5 Å². The van der Waals surface area contributed by atoms with Crippen LogP contribution in [0.1, 0.15) is 59.9 Å². The van der Waals surface area contributed by atoms with Crippen molar-refractivity contribution in [2.75, 3.05) is 32.1 Å². The van der Waals surface area contributed by atoms with Gasteiger partial charge in [0.1, 0.15) is 11.9 Å². The van der Waals surface area contributed by atoms with E-state index in [0.717, 1.165) is 0 Å². The molecule has 0 saturated carbocycles. The van der Waals surface area contributed by atoms with Crippen LogP contribution in [0.3, 0.4) is 0 Å². The maximum atomic E-state index is 14.3. The minimum absolute atomic E-state index is 0.128. The number of fused-ring (bicyclic) bond motifs is 1. The van der Waals surface area contributed by atoms with Crippen LogP contribution in [0.2, 0.25) is 0 Å². The van der Waals surface area contributed by atoms with Crippen LogP contribution in [0.4, 0.5) is 80.3 Å². The molecule has 2 atom stereocenters. The van der Waals surface area contributed by atoms with E-state index in [2.05, 4.69) is 10.3 Å². The first-order chi connectivity index (χ1) is 29.7. The van der Waals surface area contributed by atoms with Gasteiger partial charge in [0.05, 0.1) is 17.9 Å². The highest BCUT2D eigenvalue weighted by Crippen LogP contribution is 2.64. The molecule has 8 nitrogen and oxygen atoms in total. The summed E-state index contributed by atoms with van der Waals surface area (Å²) in [4.78, 5) is 34.2. The molecule has 362 valence electrons. The number of para-hydroxylation sites is 1. The highest BCUT2D eigenvalue weighted by Gasteiger charge is 2.95. The molecule has 25 heteroatoms. The van der Waals surface area contributed by atoms with Gasteiger partial charge in [-0.05, 0) is 69.3 Å². The van der Waals surface area contributed by atoms with Crippen molar-refractivity contribution in [3.8, 4) is 11.5 Å². The molecule has 1 aliphatic rings. The summed E-state index contributed by atoms with van der Waals surface area (Å²) >= 11 is 0. The summed E-state index contributed by atoms with van der Waals surface area (Å²) in [6.07, 6.45) is -9.59. The number of hydrogen-bond donors (Lipinski definition) is 1. The number of carbonyl (C=O) groups excluding carboxylic acids is 2. The summed E-state index contributed by atoms with van der Waals surface area (Å²) in [6, 6.07) is 12.8. The number of halogens is 17. The maximum absolute atomic E-state index is 14.3. The van der Waals surface area contributed by atoms with Gasteiger partial charge in [0, 0.05) is 56.0 Å². The van der Waals surface area contributed by atoms with Crippen LogP contribution < -0.4 is 14.8 Å². The molecule has 4 rings (SSSR count). The van der Waals surface area contributed by atoms with Gasteiger partial charge in [-0.2, -0.15) is 74.6 Å². The molecular formula is C40H39F17N4O4. The minimum atomic E-state index is -8.68. The Balaban J connectivity index is 1.41. The second-order valence-electron chi connectivity index (χ2n) is 15.5. The number of aromatic nitrogens is 1. The Morgan fingerprint density at radius 2 is 1.34 bits per heavy atom. The third kappa shape index (κ3) is 10.0. The first-order valence-electron chi connectivity index (χ1n) is 19.1. The van der Waals surface area contributed by atoms with Gasteiger partial charge in [-0.25, -0.2) is 0 Å². The summed E-state index contributed by atoms with van der Waals surface area (Å²) in [7, 11) is 1.71. The lowest BCUT2D eigenvalue weighted by Crippen LogP contribution is -2.74. The fraction of sp³-hybridized carbons (Fsp3) is 0.525. The van der Waals surface area contributed by atoms with E-state index >= 15 is 0 Å². The largest absolute Gasteiger partial charge is 0.494 e. The summed E-state index contributed by atoms with van der Waals surface area (Å²) < 4.78 is 242. The zero-order chi connectivity index (χ0) is 49.4. The molecule has 1 N–H and O–H groups in total. The average molecular weight is 963 g/mol. The zero-order valence-corrected chi connectivity index (χ0v) is 34.2. The van der Waals surface area contributed by atoms with E-state index < -0.39 is 79.1 Å². The average Bonchev–Trinajstić information content (AvgIpc) is 3.20. The molecule has 3 aromatic rings. The number of carbonyl (C=O) groups is 2. The van der Waals surface area contributed by atoms with Crippen LogP contribution in [0, 0.1) is 5.92 Å². The molecule has 0 saturated heterocycles. The quantitative estimate of drug-likeness (QED) is 0.101. The Morgan fingerprint density at radius 3 is 1.88 bits per heavy atom. The summed E-state index contributed by atoms with van der Waals surface area (Å²) in [5.41, 5.74) is 1.28. The van der Waals surface area contributed by atoms with E-state index in [9.17, 15) is 84.2 Å². The normalized spacial score (nSPS) is 17.4. The van der Waals surface area contributed by atoms with Crippen molar-refractivity contribution in [3.05, 3.63) is 83.7 Å². The number of ether oxygens (including phenoxy) is 2. The lowest BCUT2D eigenvalue weighted by molar-refractivity contribution is -0.461. The molecular weight excluding hydrogens is 923 g/mol. The maximum Gasteiger partial charge on any atom is 0.460 e. The van der Waals surface area contributed by atoms with E-state index in [1.165, 1.54) is 48.8 Å². The monoisotopic (exact) mass is 962 g/mol. The first kappa shape index (κ1) is 52.5. The lowest BCUT2D eigenvalue weighted by atomic mass is 9.88. The van der Waals surface area contributed by atoms with Gasteiger partial charge in [0.2, 0.25) is 0 Å². The van der Waals surface area contributed by atoms with E-state index in [4.69, 9.17) is 9.47 Å². The Labute approximate surface area is 359 Å². The van der Waals surface area contributed by atoms with Crippen LogP contribution in [0.25, 0.3) is 0 Å². The number of likely N-dealkylation sites (N-methyl/N-ethyl adjacent to an activating group) is 1. The lowest BCUT2D eigenvalue weighted by Gasteiger charge is -2.42. The van der Waals surface area contributed by atoms with Crippen LogP contribution in [-0.2, 0) is 6.54 Å². The third-order valence-corrected chi connectivity index (χ3v) is 10.3. The van der Waals surface area contributed by atoms with Crippen LogP contribution >= 0.6 is 0 Å². The molecule has 2 aromatic carbocycles. The highest BCUT2D eigenvalue weighted by atomic mass is 19.4. The number of pyridine rings is 1. The van der Waals surface area contributed by atoms with Crippen molar-refractivity contribution in [1.29, 1.82) is 0 Å². The summed E-state index contributed by atoms with van der Waals surface area (Å²) in [5, 5.41) is 2.78. The second-order valence-corrected chi connectivity index (χ2v) is 15.5. The van der Waals surface area contributed by atoms with Crippen LogP contribution in [-0.4, -0.2) is 113 Å². The summed E-state index contributed by atoms with van der Waals surface area (Å²) in [5.74, 6) is -57.8. The SMILES string of the molecule is CC(C)N1C[C@@H](C)[C@H](CN(C)Cc2ccc(OCCCC(F)(F)C(F)(F)C(F)(F)C(F)(F)C(F)(F)C(F)(F)C(F)(F)C(F)(F)F)cc2)Oc2c(NC(=O)c3ccncc3)cccc2C1=O. The molecule has 0 spiro atoms. The number of alkyl halides is 17. The summed E-state index contributed by atoms with van der Waals surface area (Å²) in [6.45, 7) is 5.18. The Kier molecular flexibility index (Phi) is 15.1. The predicted octanol–water partition coefficient (Wildman–Crippen LogP) is 10.9. The third-order valence-electron chi connectivity index (χ3n) is 10.3. The Hall–Kier alpha value is -5.10. The fourth-order valence-corrected chi connectivity index (χ4v) is 6.44. The van der Waals surface area contributed by atoms with Gasteiger partial charge < -0.3 is 19.7 Å². The highest BCUT2D eigenvalue weighted by molar-refractivity contribution is 6.07. The first-order valence-corrected chi connectivity index (χ1v) is 19.1. The number of amides is 2. The van der Waals surface area contributed by atoms with Crippen LogP contribution in [0.15, 0.2) is 67.0 Å². The van der Waals surface area contributed by atoms with E-state index in [-0.39, 0.29) is 65.8 Å². The van der Waals surface area contributed by atoms with Crippen molar-refractivity contribution < 1.29 is 93.7 Å². The van der Waals surface area contributed by atoms with Crippen molar-refractivity contribution in [1.82, 2.24) is 14.8 Å². The predicted molar refractivity (Wildman–Crippen MR) is 197 cm³/mol. The minimum Gasteiger partial charge on any atom is -0.494 e. The van der Waals surface area contributed by atoms with Crippen molar-refractivity contribution in [2.45, 2.75) is 99.9 Å². The number of nitrogens with zero attached hydrogens (tertiary/aromatic N) is 3. The smallest absolute Gasteiger partial charge is 0.460 e. The number of rotatable bonds is 18. The number of benzene rings is 2. The molecule has 0 radical (unpaired) electrons. The molecule has 2 heterocycles. The molecule has 1 aromatic heterocycles. The Bertz CT molecular complexity index is 2120. The molecule has 0 fully saturated rings. The standard InChI is InChI=1S/C40H39F17N4O4/c1-22(2)61-19-23(3)29(65-30-27(32(61)63)7-5-8-28(30)59-31(62)25-13-16-58-17-14-25)21-60(4)20-24-9-11-26(12-10-24)64-18-6-15-33(41,42)34(43,44)35(45,46)36(47,48)37(49,50)38(51,52)39(53,54)40(55,56)57/h5,7-14,16-17,22-23,29H,6,15,18-21H2,1-4H3,(H,59,62)/t23-,29+/m1/s1. The van der Waals surface area contributed by atoms with Crippen molar-refractivity contribution in [3.63, 3.8) is 0 Å². The van der Waals surface area contributed by atoms with Gasteiger partial charge >= 0.3 is 47.6 Å². The number of anilines is 1. The van der Waals surface area contributed by atoms with E-state index in [1.807, 2.05) is 25.7 Å². The van der Waals surface area contributed by atoms with Gasteiger partial charge in [-0.1, -0.05) is 25.1 Å². The molecule has 0 unspecified atom stereocenters. The number of hydrogen-bond acceptors (Lipinski definition) is 6.